The van der Waals surface area contributed by atoms with Crippen molar-refractivity contribution in [2.45, 2.75) is 45.1 Å². The normalized spacial score (nSPS) is 30.5. The zero-order valence-corrected chi connectivity index (χ0v) is 17.5. The third-order valence-corrected chi connectivity index (χ3v) is 7.17. The van der Waals surface area contributed by atoms with Crippen molar-refractivity contribution in [3.05, 3.63) is 23.8 Å². The van der Waals surface area contributed by atoms with Gasteiger partial charge in [0.05, 0.1) is 20.8 Å². The molecule has 4 fully saturated rings. The first-order valence-electron chi connectivity index (χ1n) is 10.6. The van der Waals surface area contributed by atoms with Crippen molar-refractivity contribution in [2.75, 3.05) is 34.4 Å². The van der Waals surface area contributed by atoms with E-state index in [1.165, 1.54) is 38.5 Å². The fourth-order valence-electron chi connectivity index (χ4n) is 6.42. The summed E-state index contributed by atoms with van der Waals surface area (Å²) in [5.41, 5.74) is 1.45. The van der Waals surface area contributed by atoms with E-state index in [9.17, 15) is 4.79 Å². The van der Waals surface area contributed by atoms with Gasteiger partial charge >= 0.3 is 0 Å². The second kappa shape index (κ2) is 7.94. The maximum absolute atomic E-state index is 12.6. The van der Waals surface area contributed by atoms with E-state index in [1.807, 2.05) is 30.1 Å². The molecule has 4 bridgehead atoms. The number of carbonyl (C=O) groups is 1. The molecule has 1 aromatic carbocycles. The highest BCUT2D eigenvalue weighted by atomic mass is 16.5. The third kappa shape index (κ3) is 4.14. The Kier molecular flexibility index (Phi) is 5.55. The second-order valence-electron chi connectivity index (χ2n) is 9.54. The summed E-state index contributed by atoms with van der Waals surface area (Å²) in [6.07, 6.45) is 8.33. The van der Waals surface area contributed by atoms with E-state index in [1.54, 1.807) is 14.2 Å². The number of carbonyl (C=O) groups excluding carboxylic acids is 1. The number of benzene rings is 1. The Bertz CT molecular complexity index is 683. The van der Waals surface area contributed by atoms with Crippen LogP contribution < -0.4 is 14.8 Å². The molecule has 4 aliphatic rings. The molecule has 5 rings (SSSR count). The standard InChI is InChI=1S/C23H34N2O3/c1-25(13-19-4-5-20(27-2)9-21(19)28-3)14-22(26)24-15-23-10-16-6-17(11-23)8-18(7-16)12-23/h4-5,9,16-18H,6-8,10-15H2,1-3H3,(H,24,26). The topological polar surface area (TPSA) is 50.8 Å². The Hall–Kier alpha value is -1.75. The Morgan fingerprint density at radius 2 is 1.75 bits per heavy atom. The largest absolute Gasteiger partial charge is 0.497 e. The zero-order chi connectivity index (χ0) is 19.7. The lowest BCUT2D eigenvalue weighted by Crippen LogP contribution is -2.51. The molecule has 0 saturated heterocycles. The highest BCUT2D eigenvalue weighted by Crippen LogP contribution is 2.59. The first-order valence-corrected chi connectivity index (χ1v) is 10.6. The number of nitrogens with zero attached hydrogens (tertiary/aromatic N) is 1. The minimum Gasteiger partial charge on any atom is -0.497 e. The van der Waals surface area contributed by atoms with E-state index in [-0.39, 0.29) is 5.91 Å². The van der Waals surface area contributed by atoms with Crippen molar-refractivity contribution in [1.82, 2.24) is 10.2 Å². The van der Waals surface area contributed by atoms with Crippen LogP contribution in [0, 0.1) is 23.2 Å². The summed E-state index contributed by atoms with van der Waals surface area (Å²) in [5, 5.41) is 3.27. The fourth-order valence-corrected chi connectivity index (χ4v) is 6.42. The molecule has 0 aromatic heterocycles. The molecule has 0 spiro atoms. The van der Waals surface area contributed by atoms with Gasteiger partial charge in [-0.3, -0.25) is 9.69 Å². The Balaban J connectivity index is 1.28. The van der Waals surface area contributed by atoms with Crippen LogP contribution in [-0.2, 0) is 11.3 Å². The van der Waals surface area contributed by atoms with Crippen LogP contribution in [0.5, 0.6) is 11.5 Å². The molecular weight excluding hydrogens is 352 g/mol. The molecule has 1 N–H and O–H groups in total. The van der Waals surface area contributed by atoms with Gasteiger partial charge in [0.15, 0.2) is 0 Å². The first kappa shape index (κ1) is 19.6. The van der Waals surface area contributed by atoms with Gasteiger partial charge < -0.3 is 14.8 Å². The Morgan fingerprint density at radius 3 is 2.32 bits per heavy atom. The van der Waals surface area contributed by atoms with Gasteiger partial charge in [0.2, 0.25) is 5.91 Å². The minimum atomic E-state index is 0.130. The molecule has 5 nitrogen and oxygen atoms in total. The van der Waals surface area contributed by atoms with Crippen molar-refractivity contribution in [3.8, 4) is 11.5 Å². The molecule has 28 heavy (non-hydrogen) atoms. The number of hydrogen-bond acceptors (Lipinski definition) is 4. The highest BCUT2D eigenvalue weighted by Gasteiger charge is 2.50. The van der Waals surface area contributed by atoms with E-state index >= 15 is 0 Å². The predicted molar refractivity (Wildman–Crippen MR) is 109 cm³/mol. The molecule has 0 heterocycles. The summed E-state index contributed by atoms with van der Waals surface area (Å²) >= 11 is 0. The molecule has 0 aliphatic heterocycles. The molecule has 154 valence electrons. The van der Waals surface area contributed by atoms with Crippen molar-refractivity contribution < 1.29 is 14.3 Å². The maximum atomic E-state index is 12.6. The van der Waals surface area contributed by atoms with Crippen LogP contribution >= 0.6 is 0 Å². The van der Waals surface area contributed by atoms with Gasteiger partial charge in [-0.05, 0) is 74.8 Å². The molecule has 1 aromatic rings. The SMILES string of the molecule is COc1ccc(CN(C)CC(=O)NCC23CC4CC(CC(C4)C2)C3)c(OC)c1. The van der Waals surface area contributed by atoms with Gasteiger partial charge in [-0.15, -0.1) is 0 Å². The van der Waals surface area contributed by atoms with E-state index < -0.39 is 0 Å². The first-order chi connectivity index (χ1) is 13.5. The summed E-state index contributed by atoms with van der Waals surface area (Å²) in [5.74, 6) is 4.47. The van der Waals surface area contributed by atoms with Crippen molar-refractivity contribution in [2.24, 2.45) is 23.2 Å². The van der Waals surface area contributed by atoms with Gasteiger partial charge in [-0.25, -0.2) is 0 Å². The molecule has 4 saturated carbocycles. The van der Waals surface area contributed by atoms with Crippen molar-refractivity contribution >= 4 is 5.91 Å². The number of methoxy groups -OCH3 is 2. The highest BCUT2D eigenvalue weighted by molar-refractivity contribution is 5.78. The van der Waals surface area contributed by atoms with Crippen LogP contribution in [0.25, 0.3) is 0 Å². The molecular formula is C23H34N2O3. The van der Waals surface area contributed by atoms with Crippen LogP contribution in [0.15, 0.2) is 18.2 Å². The van der Waals surface area contributed by atoms with Crippen molar-refractivity contribution in [1.29, 1.82) is 0 Å². The molecule has 0 unspecified atom stereocenters. The lowest BCUT2D eigenvalue weighted by Gasteiger charge is -2.56. The van der Waals surface area contributed by atoms with E-state index in [2.05, 4.69) is 5.32 Å². The quantitative estimate of drug-likeness (QED) is 0.743. The summed E-state index contributed by atoms with van der Waals surface area (Å²) in [6.45, 7) is 1.94. The number of amides is 1. The Morgan fingerprint density at radius 1 is 1.11 bits per heavy atom. The number of nitrogens with one attached hydrogen (secondary N) is 1. The smallest absolute Gasteiger partial charge is 0.234 e. The fraction of sp³-hybridized carbons (Fsp3) is 0.696. The molecule has 4 aliphatic carbocycles. The van der Waals surface area contributed by atoms with E-state index in [0.717, 1.165) is 41.4 Å². The van der Waals surface area contributed by atoms with Crippen LogP contribution in [0.4, 0.5) is 0 Å². The lowest BCUT2D eigenvalue weighted by atomic mass is 9.49. The predicted octanol–water partition coefficient (Wildman–Crippen LogP) is 3.47. The molecule has 1 amide bonds. The zero-order valence-electron chi connectivity index (χ0n) is 17.5. The van der Waals surface area contributed by atoms with Gasteiger partial charge in [0.1, 0.15) is 11.5 Å². The average molecular weight is 387 g/mol. The summed E-state index contributed by atoms with van der Waals surface area (Å²) in [4.78, 5) is 14.6. The number of likely N-dealkylation sites (N-methyl/N-ethyl adjacent to an activating group) is 1. The molecule has 0 atom stereocenters. The van der Waals surface area contributed by atoms with Crippen LogP contribution in [-0.4, -0.2) is 45.2 Å². The van der Waals surface area contributed by atoms with Crippen LogP contribution in [0.3, 0.4) is 0 Å². The summed E-state index contributed by atoms with van der Waals surface area (Å²) < 4.78 is 10.7. The van der Waals surface area contributed by atoms with E-state index in [4.69, 9.17) is 9.47 Å². The monoisotopic (exact) mass is 386 g/mol. The van der Waals surface area contributed by atoms with Crippen molar-refractivity contribution in [3.63, 3.8) is 0 Å². The molecule has 5 heteroatoms. The van der Waals surface area contributed by atoms with Crippen LogP contribution in [0.1, 0.15) is 44.1 Å². The Labute approximate surface area is 168 Å². The lowest BCUT2D eigenvalue weighted by molar-refractivity contribution is -0.124. The van der Waals surface area contributed by atoms with Gasteiger partial charge in [0.25, 0.3) is 0 Å². The van der Waals surface area contributed by atoms with E-state index in [0.29, 0.717) is 18.5 Å². The number of ether oxygens (including phenoxy) is 2. The van der Waals surface area contributed by atoms with Gasteiger partial charge in [-0.1, -0.05) is 6.07 Å². The van der Waals surface area contributed by atoms with Gasteiger partial charge in [-0.2, -0.15) is 0 Å². The minimum absolute atomic E-state index is 0.130. The summed E-state index contributed by atoms with van der Waals surface area (Å²) in [7, 11) is 5.29. The van der Waals surface area contributed by atoms with Gasteiger partial charge in [0, 0.05) is 24.7 Å². The number of rotatable bonds is 8. The van der Waals surface area contributed by atoms with Crippen LogP contribution in [0.2, 0.25) is 0 Å². The average Bonchev–Trinajstić information content (AvgIpc) is 2.65. The molecule has 0 radical (unpaired) electrons. The summed E-state index contributed by atoms with van der Waals surface area (Å²) in [6, 6.07) is 5.82. The maximum Gasteiger partial charge on any atom is 0.234 e. The second-order valence-corrected chi connectivity index (χ2v) is 9.54. The number of hydrogen-bond donors (Lipinski definition) is 1. The third-order valence-electron chi connectivity index (χ3n) is 7.17.